The number of benzene rings is 2. The number of rotatable bonds is 3. The van der Waals surface area contributed by atoms with Crippen LogP contribution in [0.4, 0.5) is 0 Å². The van der Waals surface area contributed by atoms with Crippen molar-refractivity contribution in [2.24, 2.45) is 0 Å². The van der Waals surface area contributed by atoms with Crippen molar-refractivity contribution >= 4 is 49.2 Å². The van der Waals surface area contributed by atoms with Gasteiger partial charge in [0.2, 0.25) is 0 Å². The molecule has 0 aliphatic carbocycles. The lowest BCUT2D eigenvalue weighted by Gasteiger charge is -2.08. The zero-order valence-corrected chi connectivity index (χ0v) is 13.9. The molecule has 3 rings (SSSR count). The van der Waals surface area contributed by atoms with Gasteiger partial charge in [-0.25, -0.2) is 4.98 Å². The van der Waals surface area contributed by atoms with E-state index in [2.05, 4.69) is 27.0 Å². The summed E-state index contributed by atoms with van der Waals surface area (Å²) in [4.78, 5) is 5.72. The molecule has 2 aromatic carbocycles. The van der Waals surface area contributed by atoms with Gasteiger partial charge in [-0.2, -0.15) is 0 Å². The number of fused-ring (bicyclic) bond motifs is 1. The Morgan fingerprint density at radius 3 is 2.75 bits per heavy atom. The Kier molecular flexibility index (Phi) is 4.12. The molecule has 0 spiro atoms. The molecular formula is C15H12BrNOS2. The highest BCUT2D eigenvalue weighted by molar-refractivity contribution is 9.10. The fraction of sp³-hybridized carbons (Fsp3) is 0.133. The summed E-state index contributed by atoms with van der Waals surface area (Å²) in [6.07, 6.45) is -0.467. The van der Waals surface area contributed by atoms with Crippen LogP contribution in [0, 0.1) is 0 Å². The molecule has 0 radical (unpaired) electrons. The van der Waals surface area contributed by atoms with Crippen LogP contribution in [0.25, 0.3) is 10.2 Å². The maximum Gasteiger partial charge on any atom is 0.155 e. The SMILES string of the molecule is CC(O)c1ccc(Sc2nc3ccccc3s2)cc1Br. The van der Waals surface area contributed by atoms with E-state index >= 15 is 0 Å². The molecule has 0 aliphatic heterocycles. The Morgan fingerprint density at radius 1 is 1.25 bits per heavy atom. The third-order valence-electron chi connectivity index (χ3n) is 2.90. The molecule has 1 atom stereocenters. The second-order valence-electron chi connectivity index (χ2n) is 4.41. The summed E-state index contributed by atoms with van der Waals surface area (Å²) in [5, 5.41) is 9.63. The van der Waals surface area contributed by atoms with Crippen LogP contribution in [0.5, 0.6) is 0 Å². The normalized spacial score (nSPS) is 12.8. The monoisotopic (exact) mass is 365 g/mol. The van der Waals surface area contributed by atoms with E-state index in [4.69, 9.17) is 0 Å². The molecule has 5 heteroatoms. The van der Waals surface area contributed by atoms with Crippen LogP contribution in [0.1, 0.15) is 18.6 Å². The minimum Gasteiger partial charge on any atom is -0.389 e. The molecule has 1 unspecified atom stereocenters. The number of aromatic nitrogens is 1. The summed E-state index contributed by atoms with van der Waals surface area (Å²) in [5.41, 5.74) is 1.94. The quantitative estimate of drug-likeness (QED) is 0.686. The Bertz CT molecular complexity index is 721. The fourth-order valence-corrected chi connectivity index (χ4v) is 4.85. The van der Waals surface area contributed by atoms with Gasteiger partial charge in [0.15, 0.2) is 4.34 Å². The molecule has 0 bridgehead atoms. The molecule has 0 amide bonds. The van der Waals surface area contributed by atoms with Crippen molar-refractivity contribution in [1.82, 2.24) is 4.98 Å². The third kappa shape index (κ3) is 2.91. The molecule has 1 aromatic heterocycles. The molecular weight excluding hydrogens is 354 g/mol. The Labute approximate surface area is 134 Å². The molecule has 1 heterocycles. The Balaban J connectivity index is 1.89. The van der Waals surface area contributed by atoms with Crippen LogP contribution in [0.3, 0.4) is 0 Å². The standard InChI is InChI=1S/C15H12BrNOS2/c1-9(18)11-7-6-10(8-12(11)16)19-15-17-13-4-2-3-5-14(13)20-15/h2-9,18H,1H3. The van der Waals surface area contributed by atoms with Gasteiger partial charge in [-0.3, -0.25) is 0 Å². The largest absolute Gasteiger partial charge is 0.389 e. The van der Waals surface area contributed by atoms with Crippen molar-refractivity contribution in [3.8, 4) is 0 Å². The predicted octanol–water partition coefficient (Wildman–Crippen LogP) is 5.26. The molecule has 0 aliphatic rings. The summed E-state index contributed by atoms with van der Waals surface area (Å²) in [5.74, 6) is 0. The number of hydrogen-bond acceptors (Lipinski definition) is 4. The first-order chi connectivity index (χ1) is 9.63. The van der Waals surface area contributed by atoms with Gasteiger partial charge < -0.3 is 5.11 Å². The summed E-state index contributed by atoms with van der Waals surface area (Å²) in [6, 6.07) is 14.1. The molecule has 0 fully saturated rings. The smallest absolute Gasteiger partial charge is 0.155 e. The molecule has 0 saturated carbocycles. The summed E-state index contributed by atoms with van der Waals surface area (Å²) in [7, 11) is 0. The maximum atomic E-state index is 9.63. The van der Waals surface area contributed by atoms with Gasteiger partial charge in [0.25, 0.3) is 0 Å². The second kappa shape index (κ2) is 5.85. The van der Waals surface area contributed by atoms with Gasteiger partial charge in [0.1, 0.15) is 0 Å². The molecule has 102 valence electrons. The maximum absolute atomic E-state index is 9.63. The second-order valence-corrected chi connectivity index (χ2v) is 7.61. The first-order valence-corrected chi connectivity index (χ1v) is 8.57. The molecule has 0 saturated heterocycles. The third-order valence-corrected chi connectivity index (χ3v) is 5.67. The lowest BCUT2D eigenvalue weighted by molar-refractivity contribution is 0.198. The lowest BCUT2D eigenvalue weighted by Crippen LogP contribution is -1.92. The average Bonchev–Trinajstić information content (AvgIpc) is 2.80. The number of para-hydroxylation sites is 1. The Morgan fingerprint density at radius 2 is 2.05 bits per heavy atom. The summed E-state index contributed by atoms with van der Waals surface area (Å²) >= 11 is 6.84. The van der Waals surface area contributed by atoms with Crippen molar-refractivity contribution in [2.45, 2.75) is 22.3 Å². The number of hydrogen-bond donors (Lipinski definition) is 1. The minimum atomic E-state index is -0.467. The summed E-state index contributed by atoms with van der Waals surface area (Å²) < 4.78 is 3.16. The first-order valence-electron chi connectivity index (χ1n) is 6.14. The predicted molar refractivity (Wildman–Crippen MR) is 88.5 cm³/mol. The molecule has 20 heavy (non-hydrogen) atoms. The van der Waals surface area contributed by atoms with E-state index in [0.29, 0.717) is 0 Å². The lowest BCUT2D eigenvalue weighted by atomic mass is 10.1. The van der Waals surface area contributed by atoms with Gasteiger partial charge >= 0.3 is 0 Å². The Hall–Kier alpha value is -0.880. The van der Waals surface area contributed by atoms with Crippen molar-refractivity contribution in [1.29, 1.82) is 0 Å². The van der Waals surface area contributed by atoms with Crippen molar-refractivity contribution in [2.75, 3.05) is 0 Å². The average molecular weight is 366 g/mol. The van der Waals surface area contributed by atoms with E-state index in [1.165, 1.54) is 4.70 Å². The van der Waals surface area contributed by atoms with Crippen molar-refractivity contribution in [3.05, 3.63) is 52.5 Å². The van der Waals surface area contributed by atoms with Gasteiger partial charge in [-0.1, -0.05) is 45.9 Å². The molecule has 1 N–H and O–H groups in total. The zero-order chi connectivity index (χ0) is 14.1. The van der Waals surface area contributed by atoms with Crippen LogP contribution in [-0.2, 0) is 0 Å². The number of halogens is 1. The van der Waals surface area contributed by atoms with E-state index in [-0.39, 0.29) is 0 Å². The van der Waals surface area contributed by atoms with Crippen molar-refractivity contribution < 1.29 is 5.11 Å². The van der Waals surface area contributed by atoms with E-state index in [1.807, 2.05) is 36.4 Å². The summed E-state index contributed by atoms with van der Waals surface area (Å²) in [6.45, 7) is 1.76. The van der Waals surface area contributed by atoms with Crippen LogP contribution < -0.4 is 0 Å². The van der Waals surface area contributed by atoms with E-state index in [0.717, 1.165) is 24.8 Å². The van der Waals surface area contributed by atoms with Crippen LogP contribution >= 0.6 is 39.0 Å². The highest BCUT2D eigenvalue weighted by Gasteiger charge is 2.09. The van der Waals surface area contributed by atoms with Gasteiger partial charge in [-0.05, 0) is 36.8 Å². The minimum absolute atomic E-state index is 0.467. The number of nitrogens with zero attached hydrogens (tertiary/aromatic N) is 1. The van der Waals surface area contributed by atoms with E-state index < -0.39 is 6.10 Å². The van der Waals surface area contributed by atoms with Gasteiger partial charge in [-0.15, -0.1) is 11.3 Å². The van der Waals surface area contributed by atoms with E-state index in [9.17, 15) is 5.11 Å². The highest BCUT2D eigenvalue weighted by Crippen LogP contribution is 2.36. The van der Waals surface area contributed by atoms with Crippen molar-refractivity contribution in [3.63, 3.8) is 0 Å². The van der Waals surface area contributed by atoms with Crippen LogP contribution in [0.15, 0.2) is 56.2 Å². The number of aliphatic hydroxyl groups excluding tert-OH is 1. The number of thiazole rings is 1. The van der Waals surface area contributed by atoms with Crippen LogP contribution in [0.2, 0.25) is 0 Å². The number of aliphatic hydroxyl groups is 1. The topological polar surface area (TPSA) is 33.1 Å². The van der Waals surface area contributed by atoms with E-state index in [1.54, 1.807) is 30.0 Å². The fourth-order valence-electron chi connectivity index (χ4n) is 1.91. The zero-order valence-electron chi connectivity index (χ0n) is 10.7. The highest BCUT2D eigenvalue weighted by atomic mass is 79.9. The van der Waals surface area contributed by atoms with Gasteiger partial charge in [0, 0.05) is 9.37 Å². The van der Waals surface area contributed by atoms with Gasteiger partial charge in [0.05, 0.1) is 16.3 Å². The molecule has 3 aromatic rings. The van der Waals surface area contributed by atoms with Crippen LogP contribution in [-0.4, -0.2) is 10.1 Å². The molecule has 2 nitrogen and oxygen atoms in total. The first kappa shape index (κ1) is 14.1.